The third kappa shape index (κ3) is 2.94. The van der Waals surface area contributed by atoms with Gasteiger partial charge in [0.05, 0.1) is 19.8 Å². The Morgan fingerprint density at radius 1 is 1.10 bits per heavy atom. The number of hydrogen-bond donors (Lipinski definition) is 1. The highest BCUT2D eigenvalue weighted by atomic mass is 16.5. The molecular weight excluding hydrogens is 250 g/mol. The van der Waals surface area contributed by atoms with Crippen LogP contribution >= 0.6 is 0 Å². The fourth-order valence-corrected chi connectivity index (χ4v) is 2.52. The van der Waals surface area contributed by atoms with Crippen molar-refractivity contribution in [3.8, 4) is 5.75 Å². The molecule has 3 rings (SSSR count). The van der Waals surface area contributed by atoms with Crippen molar-refractivity contribution in [2.24, 2.45) is 0 Å². The van der Waals surface area contributed by atoms with Crippen LogP contribution in [0.4, 0.5) is 5.69 Å². The summed E-state index contributed by atoms with van der Waals surface area (Å²) in [7, 11) is 0. The van der Waals surface area contributed by atoms with Crippen LogP contribution in [-0.4, -0.2) is 13.2 Å². The topological polar surface area (TPSA) is 44.5 Å². The molecule has 2 N–H and O–H groups in total. The zero-order valence-corrected chi connectivity index (χ0v) is 11.4. The summed E-state index contributed by atoms with van der Waals surface area (Å²) in [6.07, 6.45) is 1.01. The second kappa shape index (κ2) is 5.97. The number of anilines is 1. The van der Waals surface area contributed by atoms with E-state index in [4.69, 9.17) is 15.2 Å². The van der Waals surface area contributed by atoms with Crippen LogP contribution in [0.25, 0.3) is 0 Å². The molecule has 0 saturated heterocycles. The van der Waals surface area contributed by atoms with Crippen molar-refractivity contribution in [1.29, 1.82) is 0 Å². The Morgan fingerprint density at radius 3 is 2.75 bits per heavy atom. The molecule has 1 unspecified atom stereocenters. The predicted octanol–water partition coefficient (Wildman–Crippen LogP) is 3.35. The van der Waals surface area contributed by atoms with Gasteiger partial charge in [-0.1, -0.05) is 30.3 Å². The zero-order chi connectivity index (χ0) is 13.8. The average Bonchev–Trinajstić information content (AvgIpc) is 2.49. The molecule has 2 aromatic rings. The summed E-state index contributed by atoms with van der Waals surface area (Å²) in [5.41, 5.74) is 8.87. The molecular formula is C17H19NO2. The molecule has 1 atom stereocenters. The van der Waals surface area contributed by atoms with Crippen LogP contribution in [0.5, 0.6) is 5.75 Å². The van der Waals surface area contributed by atoms with Crippen molar-refractivity contribution in [3.05, 3.63) is 59.7 Å². The summed E-state index contributed by atoms with van der Waals surface area (Å²) in [6.45, 7) is 2.12. The first kappa shape index (κ1) is 13.0. The van der Waals surface area contributed by atoms with E-state index in [1.54, 1.807) is 0 Å². The van der Waals surface area contributed by atoms with Crippen molar-refractivity contribution in [2.45, 2.75) is 18.9 Å². The van der Waals surface area contributed by atoms with Gasteiger partial charge in [-0.05, 0) is 35.7 Å². The van der Waals surface area contributed by atoms with E-state index in [1.807, 2.05) is 36.4 Å². The molecule has 1 heterocycles. The Kier molecular flexibility index (Phi) is 3.88. The lowest BCUT2D eigenvalue weighted by molar-refractivity contribution is 0.0940. The summed E-state index contributed by atoms with van der Waals surface area (Å²) < 4.78 is 11.5. The molecule has 2 aromatic carbocycles. The van der Waals surface area contributed by atoms with Gasteiger partial charge in [0.25, 0.3) is 0 Å². The highest BCUT2D eigenvalue weighted by molar-refractivity contribution is 5.39. The van der Waals surface area contributed by atoms with Crippen LogP contribution < -0.4 is 10.5 Å². The largest absolute Gasteiger partial charge is 0.493 e. The lowest BCUT2D eigenvalue weighted by Gasteiger charge is -2.25. The SMILES string of the molecule is Nc1ccc(COCC2CCOc3ccccc32)cc1. The van der Waals surface area contributed by atoms with Crippen molar-refractivity contribution < 1.29 is 9.47 Å². The third-order valence-corrected chi connectivity index (χ3v) is 3.65. The summed E-state index contributed by atoms with van der Waals surface area (Å²) in [4.78, 5) is 0. The third-order valence-electron chi connectivity index (χ3n) is 3.65. The van der Waals surface area contributed by atoms with Crippen molar-refractivity contribution in [3.63, 3.8) is 0 Å². The van der Waals surface area contributed by atoms with E-state index in [-0.39, 0.29) is 0 Å². The Bertz CT molecular complexity index is 565. The smallest absolute Gasteiger partial charge is 0.122 e. The lowest BCUT2D eigenvalue weighted by atomic mass is 9.94. The molecule has 3 nitrogen and oxygen atoms in total. The molecule has 0 fully saturated rings. The Hall–Kier alpha value is -2.00. The van der Waals surface area contributed by atoms with Crippen LogP contribution in [0.1, 0.15) is 23.5 Å². The van der Waals surface area contributed by atoms with E-state index >= 15 is 0 Å². The first-order valence-electron chi connectivity index (χ1n) is 6.97. The highest BCUT2D eigenvalue weighted by Crippen LogP contribution is 2.33. The van der Waals surface area contributed by atoms with E-state index in [1.165, 1.54) is 5.56 Å². The standard InChI is InChI=1S/C17H19NO2/c18-15-7-5-13(6-8-15)11-19-12-14-9-10-20-17-4-2-1-3-16(14)17/h1-8,14H,9-12,18H2. The second-order valence-corrected chi connectivity index (χ2v) is 5.13. The van der Waals surface area contributed by atoms with Crippen molar-refractivity contribution in [2.75, 3.05) is 18.9 Å². The molecule has 20 heavy (non-hydrogen) atoms. The van der Waals surface area contributed by atoms with Gasteiger partial charge in [0.15, 0.2) is 0 Å². The van der Waals surface area contributed by atoms with Gasteiger partial charge in [0.2, 0.25) is 0 Å². The van der Waals surface area contributed by atoms with E-state index < -0.39 is 0 Å². The van der Waals surface area contributed by atoms with Gasteiger partial charge in [-0.25, -0.2) is 0 Å². The first-order chi connectivity index (χ1) is 9.83. The molecule has 104 valence electrons. The number of fused-ring (bicyclic) bond motifs is 1. The summed E-state index contributed by atoms with van der Waals surface area (Å²) in [5.74, 6) is 1.42. The summed E-state index contributed by atoms with van der Waals surface area (Å²) in [6, 6.07) is 16.1. The maximum atomic E-state index is 5.86. The van der Waals surface area contributed by atoms with Crippen LogP contribution in [-0.2, 0) is 11.3 Å². The molecule has 0 spiro atoms. The number of benzene rings is 2. The van der Waals surface area contributed by atoms with Crippen molar-refractivity contribution in [1.82, 2.24) is 0 Å². The monoisotopic (exact) mass is 269 g/mol. The molecule has 1 aliphatic rings. The lowest BCUT2D eigenvalue weighted by Crippen LogP contribution is -2.18. The minimum Gasteiger partial charge on any atom is -0.493 e. The quantitative estimate of drug-likeness (QED) is 0.866. The number of hydrogen-bond acceptors (Lipinski definition) is 3. The average molecular weight is 269 g/mol. The molecule has 0 saturated carbocycles. The molecule has 3 heteroatoms. The van der Waals surface area contributed by atoms with E-state index in [0.717, 1.165) is 36.6 Å². The fourth-order valence-electron chi connectivity index (χ4n) is 2.52. The molecule has 0 aromatic heterocycles. The number of nitrogens with two attached hydrogens (primary N) is 1. The van der Waals surface area contributed by atoms with Gasteiger partial charge in [0.1, 0.15) is 5.75 Å². The van der Waals surface area contributed by atoms with Gasteiger partial charge in [-0.2, -0.15) is 0 Å². The molecule has 0 bridgehead atoms. The molecule has 0 radical (unpaired) electrons. The van der Waals surface area contributed by atoms with Crippen LogP contribution in [0, 0.1) is 0 Å². The maximum absolute atomic E-state index is 5.86. The van der Waals surface area contributed by atoms with Gasteiger partial charge in [-0.3, -0.25) is 0 Å². The molecule has 0 aliphatic carbocycles. The normalized spacial score (nSPS) is 17.3. The first-order valence-corrected chi connectivity index (χ1v) is 6.97. The van der Waals surface area contributed by atoms with E-state index in [0.29, 0.717) is 12.5 Å². The maximum Gasteiger partial charge on any atom is 0.122 e. The summed E-state index contributed by atoms with van der Waals surface area (Å²) in [5, 5.41) is 0. The van der Waals surface area contributed by atoms with Crippen LogP contribution in [0.2, 0.25) is 0 Å². The Balaban J connectivity index is 1.58. The minimum absolute atomic E-state index is 0.425. The van der Waals surface area contributed by atoms with Crippen LogP contribution in [0.15, 0.2) is 48.5 Å². The van der Waals surface area contributed by atoms with Crippen molar-refractivity contribution >= 4 is 5.69 Å². The van der Waals surface area contributed by atoms with Gasteiger partial charge >= 0.3 is 0 Å². The van der Waals surface area contributed by atoms with E-state index in [2.05, 4.69) is 12.1 Å². The Labute approximate surface area is 119 Å². The van der Waals surface area contributed by atoms with E-state index in [9.17, 15) is 0 Å². The molecule has 1 aliphatic heterocycles. The number of ether oxygens (including phenoxy) is 2. The minimum atomic E-state index is 0.425. The Morgan fingerprint density at radius 2 is 1.90 bits per heavy atom. The van der Waals surface area contributed by atoms with Crippen LogP contribution in [0.3, 0.4) is 0 Å². The van der Waals surface area contributed by atoms with Gasteiger partial charge < -0.3 is 15.2 Å². The summed E-state index contributed by atoms with van der Waals surface area (Å²) >= 11 is 0. The van der Waals surface area contributed by atoms with Gasteiger partial charge in [-0.15, -0.1) is 0 Å². The number of nitrogen functional groups attached to an aromatic ring is 1. The predicted molar refractivity (Wildman–Crippen MR) is 79.8 cm³/mol. The number of rotatable bonds is 4. The highest BCUT2D eigenvalue weighted by Gasteiger charge is 2.20. The van der Waals surface area contributed by atoms with Gasteiger partial charge in [0, 0.05) is 11.6 Å². The zero-order valence-electron chi connectivity index (χ0n) is 11.4. The number of para-hydroxylation sites is 1. The molecule has 0 amide bonds. The second-order valence-electron chi connectivity index (χ2n) is 5.13. The fraction of sp³-hybridized carbons (Fsp3) is 0.294.